The predicted molar refractivity (Wildman–Crippen MR) is 140 cm³/mol. The molecule has 2 aliphatic rings. The van der Waals surface area contributed by atoms with Gasteiger partial charge in [0.25, 0.3) is 5.91 Å². The summed E-state index contributed by atoms with van der Waals surface area (Å²) in [6.07, 6.45) is 9.73. The third kappa shape index (κ3) is 3.93. The number of carbonyl (C=O) groups is 1. The van der Waals surface area contributed by atoms with Crippen molar-refractivity contribution < 1.29 is 4.79 Å². The van der Waals surface area contributed by atoms with Crippen LogP contribution in [0.2, 0.25) is 0 Å². The number of fused-ring (bicyclic) bond motifs is 1. The summed E-state index contributed by atoms with van der Waals surface area (Å²) in [6, 6.07) is 9.29. The van der Waals surface area contributed by atoms with Crippen LogP contribution in [0.4, 0.5) is 11.5 Å². The quantitative estimate of drug-likeness (QED) is 0.427. The molecule has 2 fully saturated rings. The van der Waals surface area contributed by atoms with Gasteiger partial charge in [0, 0.05) is 63.1 Å². The van der Waals surface area contributed by atoms with Crippen LogP contribution in [-0.2, 0) is 0 Å². The van der Waals surface area contributed by atoms with E-state index >= 15 is 0 Å². The van der Waals surface area contributed by atoms with Crippen molar-refractivity contribution in [3.05, 3.63) is 66.5 Å². The predicted octanol–water partition coefficient (Wildman–Crippen LogP) is 3.03. The Kier molecular flexibility index (Phi) is 5.68. The molecule has 4 aromatic rings. The molecule has 10 nitrogen and oxygen atoms in total. The molecule has 186 valence electrons. The van der Waals surface area contributed by atoms with Gasteiger partial charge < -0.3 is 14.7 Å². The van der Waals surface area contributed by atoms with E-state index in [0.717, 1.165) is 42.0 Å². The maximum Gasteiger partial charge on any atom is 0.255 e. The second-order valence-electron chi connectivity index (χ2n) is 9.68. The van der Waals surface area contributed by atoms with Crippen molar-refractivity contribution in [1.82, 2.24) is 29.4 Å². The molecule has 37 heavy (non-hydrogen) atoms. The summed E-state index contributed by atoms with van der Waals surface area (Å²) < 4.78 is 1.95. The highest BCUT2D eigenvalue weighted by Crippen LogP contribution is 2.39. The van der Waals surface area contributed by atoms with Crippen LogP contribution in [0.5, 0.6) is 0 Å². The maximum absolute atomic E-state index is 13.2. The monoisotopic (exact) mass is 493 g/mol. The van der Waals surface area contributed by atoms with Crippen molar-refractivity contribution in [2.24, 2.45) is 0 Å². The summed E-state index contributed by atoms with van der Waals surface area (Å²) in [5, 5.41) is 10.4. The fourth-order valence-electron chi connectivity index (χ4n) is 5.20. The van der Waals surface area contributed by atoms with E-state index in [9.17, 15) is 10.1 Å². The van der Waals surface area contributed by atoms with E-state index in [2.05, 4.69) is 50.9 Å². The molecule has 10 heteroatoms. The Bertz CT molecular complexity index is 1510. The number of carbonyl (C=O) groups excluding carboxylic acids is 1. The van der Waals surface area contributed by atoms with E-state index in [1.165, 1.54) is 0 Å². The number of nitrogens with zero attached hydrogens (tertiary/aromatic N) is 9. The molecule has 0 spiro atoms. The molecule has 0 radical (unpaired) electrons. The molecule has 0 N–H and O–H groups in total. The van der Waals surface area contributed by atoms with Gasteiger partial charge in [-0.15, -0.1) is 0 Å². The Labute approximate surface area is 214 Å². The standard InChI is InChI=1S/C27H27N9O/c1-18-15-35(27(37)21-5-3-7-29-13-21)19(2)14-34(18)25-24-22(33-9-4-10-33)16-36(26(24)32-17-31-25)23-11-20(12-28)6-8-30-23/h3,5-8,11,13,16-19H,4,9-10,14-15H2,1-2H3/t18-,19+/m0/s1. The largest absolute Gasteiger partial charge is 0.369 e. The summed E-state index contributed by atoms with van der Waals surface area (Å²) in [5.74, 6) is 1.50. The Morgan fingerprint density at radius 2 is 1.95 bits per heavy atom. The first-order valence-corrected chi connectivity index (χ1v) is 12.5. The van der Waals surface area contributed by atoms with E-state index in [0.29, 0.717) is 30.0 Å². The first-order chi connectivity index (χ1) is 18.0. The molecule has 0 unspecified atom stereocenters. The van der Waals surface area contributed by atoms with Crippen molar-refractivity contribution in [2.45, 2.75) is 32.4 Å². The number of hydrogen-bond donors (Lipinski definition) is 0. The third-order valence-corrected chi connectivity index (χ3v) is 7.29. The van der Waals surface area contributed by atoms with Gasteiger partial charge in [-0.3, -0.25) is 14.3 Å². The number of pyridine rings is 2. The molecule has 1 amide bonds. The van der Waals surface area contributed by atoms with Crippen LogP contribution in [0, 0.1) is 11.3 Å². The van der Waals surface area contributed by atoms with Gasteiger partial charge in [-0.1, -0.05) is 0 Å². The molecule has 2 aliphatic heterocycles. The van der Waals surface area contributed by atoms with Crippen LogP contribution < -0.4 is 9.80 Å². The minimum Gasteiger partial charge on any atom is -0.369 e. The summed E-state index contributed by atoms with van der Waals surface area (Å²) >= 11 is 0. The average Bonchev–Trinajstić information content (AvgIpc) is 3.28. The molecule has 0 aromatic carbocycles. The highest BCUT2D eigenvalue weighted by Gasteiger charge is 2.35. The van der Waals surface area contributed by atoms with Crippen LogP contribution in [0.25, 0.3) is 16.9 Å². The highest BCUT2D eigenvalue weighted by atomic mass is 16.2. The van der Waals surface area contributed by atoms with Gasteiger partial charge in [0.1, 0.15) is 18.0 Å². The Hall–Kier alpha value is -4.52. The zero-order chi connectivity index (χ0) is 25.5. The number of aromatic nitrogens is 5. The van der Waals surface area contributed by atoms with Crippen molar-refractivity contribution in [3.8, 4) is 11.9 Å². The number of rotatable bonds is 4. The minimum atomic E-state index is -0.0163. The van der Waals surface area contributed by atoms with Gasteiger partial charge in [-0.05, 0) is 44.5 Å². The highest BCUT2D eigenvalue weighted by molar-refractivity contribution is 6.01. The molecule has 4 aromatic heterocycles. The lowest BCUT2D eigenvalue weighted by Gasteiger charge is -2.45. The molecule has 2 atom stereocenters. The van der Waals surface area contributed by atoms with E-state index in [1.54, 1.807) is 43.1 Å². The zero-order valence-electron chi connectivity index (χ0n) is 20.8. The number of anilines is 2. The van der Waals surface area contributed by atoms with Crippen LogP contribution in [-0.4, -0.2) is 73.6 Å². The number of piperazine rings is 1. The third-order valence-electron chi connectivity index (χ3n) is 7.29. The summed E-state index contributed by atoms with van der Waals surface area (Å²) in [4.78, 5) is 37.8. The van der Waals surface area contributed by atoms with Crippen LogP contribution >= 0.6 is 0 Å². The Morgan fingerprint density at radius 1 is 1.08 bits per heavy atom. The van der Waals surface area contributed by atoms with Crippen LogP contribution in [0.1, 0.15) is 36.2 Å². The van der Waals surface area contributed by atoms with E-state index in [1.807, 2.05) is 15.5 Å². The number of hydrogen-bond acceptors (Lipinski definition) is 8. The van der Waals surface area contributed by atoms with E-state index in [4.69, 9.17) is 4.98 Å². The Balaban J connectivity index is 1.40. The fourth-order valence-corrected chi connectivity index (χ4v) is 5.20. The van der Waals surface area contributed by atoms with E-state index in [-0.39, 0.29) is 18.0 Å². The maximum atomic E-state index is 13.2. The molecule has 0 bridgehead atoms. The van der Waals surface area contributed by atoms with Gasteiger partial charge >= 0.3 is 0 Å². The van der Waals surface area contributed by atoms with Gasteiger partial charge in [-0.25, -0.2) is 15.0 Å². The fraction of sp³-hybridized carbons (Fsp3) is 0.333. The zero-order valence-corrected chi connectivity index (χ0v) is 20.8. The van der Waals surface area contributed by atoms with Gasteiger partial charge in [-0.2, -0.15) is 5.26 Å². The average molecular weight is 494 g/mol. The number of nitriles is 1. The summed E-state index contributed by atoms with van der Waals surface area (Å²) in [6.45, 7) is 7.36. The lowest BCUT2D eigenvalue weighted by Crippen LogP contribution is -2.58. The van der Waals surface area contributed by atoms with Gasteiger partial charge in [0.15, 0.2) is 5.65 Å². The second kappa shape index (κ2) is 9.17. The summed E-state index contributed by atoms with van der Waals surface area (Å²) in [7, 11) is 0. The molecular weight excluding hydrogens is 466 g/mol. The second-order valence-corrected chi connectivity index (χ2v) is 9.68. The number of amides is 1. The summed E-state index contributed by atoms with van der Waals surface area (Å²) in [5.41, 5.74) is 2.96. The molecule has 2 saturated heterocycles. The van der Waals surface area contributed by atoms with Crippen LogP contribution in [0.3, 0.4) is 0 Å². The smallest absolute Gasteiger partial charge is 0.255 e. The van der Waals surface area contributed by atoms with Crippen LogP contribution in [0.15, 0.2) is 55.4 Å². The van der Waals surface area contributed by atoms with Crippen molar-refractivity contribution in [2.75, 3.05) is 36.0 Å². The van der Waals surface area contributed by atoms with E-state index < -0.39 is 0 Å². The molecule has 6 heterocycles. The molecule has 0 aliphatic carbocycles. The SMILES string of the molecule is C[C@@H]1CN(c2ncnc3c2c(N2CCC2)cn3-c2cc(C#N)ccn2)[C@@H](C)CN1C(=O)c1cccnc1. The lowest BCUT2D eigenvalue weighted by atomic mass is 10.1. The van der Waals surface area contributed by atoms with Crippen molar-refractivity contribution in [3.63, 3.8) is 0 Å². The first-order valence-electron chi connectivity index (χ1n) is 12.5. The first kappa shape index (κ1) is 22.9. The topological polar surface area (TPSA) is 107 Å². The molecule has 0 saturated carbocycles. The minimum absolute atomic E-state index is 0.00388. The normalized spacial score (nSPS) is 19.5. The molecule has 6 rings (SSSR count). The molecular formula is C27H27N9O. The Morgan fingerprint density at radius 3 is 2.68 bits per heavy atom. The van der Waals surface area contributed by atoms with Crippen molar-refractivity contribution in [1.29, 1.82) is 5.26 Å². The van der Waals surface area contributed by atoms with Gasteiger partial charge in [0.2, 0.25) is 0 Å². The van der Waals surface area contributed by atoms with Crippen molar-refractivity contribution >= 4 is 28.4 Å². The van der Waals surface area contributed by atoms with Gasteiger partial charge in [0.05, 0.1) is 28.3 Å². The lowest BCUT2D eigenvalue weighted by molar-refractivity contribution is 0.0644.